The average Bonchev–Trinajstić information content (AvgIpc) is 3.28. The third-order valence-electron chi connectivity index (χ3n) is 5.28. The molecule has 0 aliphatic carbocycles. The number of rotatable bonds is 6. The van der Waals surface area contributed by atoms with Gasteiger partial charge in [0.1, 0.15) is 5.82 Å². The van der Waals surface area contributed by atoms with Crippen molar-refractivity contribution < 1.29 is 13.7 Å². The molecule has 0 saturated heterocycles. The first-order valence-electron chi connectivity index (χ1n) is 10.4. The summed E-state index contributed by atoms with van der Waals surface area (Å²) < 4.78 is 20.2. The number of aryl methyl sites for hydroxylation is 3. The van der Waals surface area contributed by atoms with E-state index in [0.29, 0.717) is 5.69 Å². The van der Waals surface area contributed by atoms with Gasteiger partial charge in [-0.1, -0.05) is 11.2 Å². The average molecular weight is 464 g/mol. The fraction of sp³-hybridized carbons (Fsp3) is 0.217. The Morgan fingerprint density at radius 3 is 2.53 bits per heavy atom. The van der Waals surface area contributed by atoms with Crippen LogP contribution in [0.25, 0.3) is 17.2 Å². The number of anilines is 1. The Hall–Kier alpha value is -4.41. The number of benzene rings is 2. The second-order valence-corrected chi connectivity index (χ2v) is 7.74. The van der Waals surface area contributed by atoms with Crippen LogP contribution in [-0.4, -0.2) is 30.4 Å². The molecule has 2 aromatic carbocycles. The second kappa shape index (κ2) is 9.22. The molecule has 0 aliphatic rings. The maximum Gasteiger partial charge on any atom is 0.351 e. The number of carbonyl (C=O) groups excluding carboxylic acids is 1. The molecule has 2 aromatic heterocycles. The molecule has 4 rings (SSSR count). The Kier molecular flexibility index (Phi) is 6.17. The third kappa shape index (κ3) is 4.68. The first kappa shape index (κ1) is 22.8. The highest BCUT2D eigenvalue weighted by atomic mass is 19.1. The molecule has 0 bridgehead atoms. The van der Waals surface area contributed by atoms with Crippen molar-refractivity contribution in [3.63, 3.8) is 0 Å². The van der Waals surface area contributed by atoms with Crippen LogP contribution in [0, 0.1) is 19.7 Å². The highest BCUT2D eigenvalue weighted by molar-refractivity contribution is 5.90. The number of nitrogens with zero attached hydrogens (tertiary/aromatic N) is 5. The molecule has 0 fully saturated rings. The van der Waals surface area contributed by atoms with Gasteiger partial charge in [0.15, 0.2) is 5.69 Å². The normalized spacial score (nSPS) is 10.9. The van der Waals surface area contributed by atoms with E-state index in [2.05, 4.69) is 20.6 Å². The summed E-state index contributed by atoms with van der Waals surface area (Å²) in [5, 5.41) is 10.7. The van der Waals surface area contributed by atoms with Crippen molar-refractivity contribution in [2.75, 3.05) is 5.32 Å². The Bertz CT molecular complexity index is 1490. The van der Waals surface area contributed by atoms with Crippen LogP contribution in [0.3, 0.4) is 0 Å². The van der Waals surface area contributed by atoms with E-state index in [-0.39, 0.29) is 41.8 Å². The smallest absolute Gasteiger partial charge is 0.339 e. The van der Waals surface area contributed by atoms with Gasteiger partial charge in [-0.05, 0) is 61.4 Å². The fourth-order valence-corrected chi connectivity index (χ4v) is 3.18. The Labute approximate surface area is 192 Å². The van der Waals surface area contributed by atoms with Gasteiger partial charge in [-0.15, -0.1) is 0 Å². The predicted octanol–water partition coefficient (Wildman–Crippen LogP) is 2.31. The summed E-state index contributed by atoms with van der Waals surface area (Å²) in [6.07, 6.45) is 0.219. The van der Waals surface area contributed by atoms with Gasteiger partial charge < -0.3 is 9.84 Å². The predicted molar refractivity (Wildman–Crippen MR) is 121 cm³/mol. The van der Waals surface area contributed by atoms with Gasteiger partial charge in [-0.2, -0.15) is 14.8 Å². The van der Waals surface area contributed by atoms with Crippen molar-refractivity contribution in [3.8, 4) is 17.2 Å². The molecule has 174 valence electrons. The van der Waals surface area contributed by atoms with Crippen LogP contribution in [0.4, 0.5) is 10.1 Å². The molecule has 0 saturated carbocycles. The summed E-state index contributed by atoms with van der Waals surface area (Å²) in [7, 11) is 1.29. The van der Waals surface area contributed by atoms with E-state index in [1.165, 1.54) is 31.3 Å². The summed E-state index contributed by atoms with van der Waals surface area (Å²) in [6, 6.07) is 10.7. The van der Waals surface area contributed by atoms with Crippen molar-refractivity contribution in [3.05, 3.63) is 86.1 Å². The van der Waals surface area contributed by atoms with Crippen molar-refractivity contribution in [2.24, 2.45) is 7.05 Å². The molecule has 1 N–H and O–H groups in total. The minimum Gasteiger partial charge on any atom is -0.339 e. The first-order valence-corrected chi connectivity index (χ1v) is 10.4. The highest BCUT2D eigenvalue weighted by Gasteiger charge is 2.19. The quantitative estimate of drug-likeness (QED) is 0.464. The molecule has 0 aliphatic heterocycles. The van der Waals surface area contributed by atoms with E-state index < -0.39 is 17.1 Å². The summed E-state index contributed by atoms with van der Waals surface area (Å²) >= 11 is 0. The lowest BCUT2D eigenvalue weighted by Crippen LogP contribution is -2.40. The van der Waals surface area contributed by atoms with Crippen LogP contribution in [0.2, 0.25) is 0 Å². The summed E-state index contributed by atoms with van der Waals surface area (Å²) in [6.45, 7) is 3.95. The van der Waals surface area contributed by atoms with E-state index in [1.807, 2.05) is 32.0 Å². The van der Waals surface area contributed by atoms with Crippen molar-refractivity contribution in [1.29, 1.82) is 0 Å². The van der Waals surface area contributed by atoms with E-state index in [0.717, 1.165) is 20.4 Å². The molecule has 0 radical (unpaired) electrons. The molecule has 1 amide bonds. The monoisotopic (exact) mass is 464 g/mol. The molecular weight excluding hydrogens is 443 g/mol. The lowest BCUT2D eigenvalue weighted by molar-refractivity contribution is -0.116. The van der Waals surface area contributed by atoms with Crippen molar-refractivity contribution in [2.45, 2.75) is 26.7 Å². The summed E-state index contributed by atoms with van der Waals surface area (Å²) in [5.41, 5.74) is 1.48. The van der Waals surface area contributed by atoms with Gasteiger partial charge in [-0.3, -0.25) is 14.2 Å². The van der Waals surface area contributed by atoms with Crippen LogP contribution >= 0.6 is 0 Å². The van der Waals surface area contributed by atoms with Crippen LogP contribution in [0.1, 0.15) is 23.4 Å². The Balaban J connectivity index is 1.53. The van der Waals surface area contributed by atoms with Gasteiger partial charge in [-0.25, -0.2) is 9.18 Å². The zero-order valence-electron chi connectivity index (χ0n) is 18.7. The summed E-state index contributed by atoms with van der Waals surface area (Å²) in [4.78, 5) is 41.5. The molecule has 0 atom stereocenters. The van der Waals surface area contributed by atoms with Crippen molar-refractivity contribution >= 4 is 11.6 Å². The third-order valence-corrected chi connectivity index (χ3v) is 5.28. The highest BCUT2D eigenvalue weighted by Crippen LogP contribution is 2.15. The maximum atomic E-state index is 13.3. The fourth-order valence-electron chi connectivity index (χ4n) is 3.18. The molecule has 0 unspecified atom stereocenters. The number of nitrogens with one attached hydrogen (secondary N) is 1. The number of amides is 1. The lowest BCUT2D eigenvalue weighted by Gasteiger charge is -2.07. The molecular formula is C23H21FN6O4. The van der Waals surface area contributed by atoms with Gasteiger partial charge in [0.05, 0.1) is 5.69 Å². The maximum absolute atomic E-state index is 13.3. The van der Waals surface area contributed by atoms with E-state index in [4.69, 9.17) is 4.52 Å². The number of hydrogen-bond donors (Lipinski definition) is 1. The lowest BCUT2D eigenvalue weighted by atomic mass is 10.1. The molecule has 11 heteroatoms. The number of carbonyl (C=O) groups is 1. The summed E-state index contributed by atoms with van der Waals surface area (Å²) in [5.74, 6) is -0.706. The standard InChI is InChI=1S/C23H21FN6O4/c1-13-4-7-16(12-14(13)2)25-18(31)10-11-19-26-21(28-34-19)20-22(32)29(3)23(33)30(27-20)17-8-5-15(24)6-9-17/h4-9,12H,10-11H2,1-3H3,(H,25,31). The minimum atomic E-state index is -0.719. The minimum absolute atomic E-state index is 0.0784. The molecule has 10 nitrogen and oxygen atoms in total. The van der Waals surface area contributed by atoms with Crippen LogP contribution < -0.4 is 16.6 Å². The topological polar surface area (TPSA) is 125 Å². The zero-order chi connectivity index (χ0) is 24.4. The van der Waals surface area contributed by atoms with Gasteiger partial charge in [0, 0.05) is 25.6 Å². The number of hydrogen-bond acceptors (Lipinski definition) is 7. The van der Waals surface area contributed by atoms with Gasteiger partial charge >= 0.3 is 5.69 Å². The van der Waals surface area contributed by atoms with Crippen LogP contribution in [0.5, 0.6) is 0 Å². The number of aromatic nitrogens is 5. The molecule has 34 heavy (non-hydrogen) atoms. The van der Waals surface area contributed by atoms with Crippen LogP contribution in [-0.2, 0) is 18.3 Å². The van der Waals surface area contributed by atoms with E-state index in [1.54, 1.807) is 0 Å². The Morgan fingerprint density at radius 1 is 1.09 bits per heavy atom. The first-order chi connectivity index (χ1) is 16.2. The SMILES string of the molecule is Cc1ccc(NC(=O)CCc2nc(-c3nn(-c4ccc(F)cc4)c(=O)n(C)c3=O)no2)cc1C. The number of halogens is 1. The molecule has 0 spiro atoms. The largest absolute Gasteiger partial charge is 0.351 e. The molecule has 4 aromatic rings. The van der Waals surface area contributed by atoms with Crippen molar-refractivity contribution in [1.82, 2.24) is 24.5 Å². The molecule has 2 heterocycles. The van der Waals surface area contributed by atoms with Gasteiger partial charge in [0.2, 0.25) is 17.6 Å². The zero-order valence-corrected chi connectivity index (χ0v) is 18.7. The van der Waals surface area contributed by atoms with Gasteiger partial charge in [0.25, 0.3) is 5.56 Å². The van der Waals surface area contributed by atoms with E-state index in [9.17, 15) is 18.8 Å². The second-order valence-electron chi connectivity index (χ2n) is 7.74. The Morgan fingerprint density at radius 2 is 1.82 bits per heavy atom. The van der Waals surface area contributed by atoms with Crippen LogP contribution in [0.15, 0.2) is 56.6 Å². The van der Waals surface area contributed by atoms with E-state index >= 15 is 0 Å².